The molecule has 1 N–H and O–H groups in total. The minimum Gasteiger partial charge on any atom is -0.494 e. The molecule has 3 aromatic rings. The standard InChI is InChI=1S/C29H32F2N4O5/c1-4-19(36)10-17-6-8-40-15-22(17)34-29-32-13-18-11-20(25-26(30)23(37-2)12-24(38-3)27(25)31)33-21(28(18)35-29)9-16-5-7-39-14-16/h4,11-13,16-17,22H,1,5-10,14-15H2,2-3H3,(H,32,34,35)/t16?,17-,22-/m1/s1. The molecule has 3 atom stereocenters. The van der Waals surface area contributed by atoms with E-state index in [1.165, 1.54) is 20.3 Å². The second kappa shape index (κ2) is 12.2. The van der Waals surface area contributed by atoms with Crippen molar-refractivity contribution in [1.29, 1.82) is 0 Å². The van der Waals surface area contributed by atoms with Gasteiger partial charge in [-0.25, -0.2) is 18.7 Å². The van der Waals surface area contributed by atoms with Gasteiger partial charge < -0.3 is 24.3 Å². The Morgan fingerprint density at radius 3 is 2.50 bits per heavy atom. The molecular formula is C29H32F2N4O5. The molecule has 0 bridgehead atoms. The number of ketones is 1. The van der Waals surface area contributed by atoms with E-state index in [0.29, 0.717) is 61.8 Å². The second-order valence-electron chi connectivity index (χ2n) is 10.1. The number of ether oxygens (including phenoxy) is 4. The highest BCUT2D eigenvalue weighted by atomic mass is 19.1. The molecule has 1 aromatic carbocycles. The number of anilines is 1. The third-order valence-corrected chi connectivity index (χ3v) is 7.48. The fraction of sp³-hybridized carbons (Fsp3) is 0.448. The molecule has 2 saturated heterocycles. The maximum absolute atomic E-state index is 15.4. The molecular weight excluding hydrogens is 522 g/mol. The van der Waals surface area contributed by atoms with E-state index >= 15 is 8.78 Å². The molecule has 9 nitrogen and oxygen atoms in total. The number of benzene rings is 1. The minimum absolute atomic E-state index is 0.0236. The Kier molecular flexibility index (Phi) is 8.51. The molecule has 4 heterocycles. The number of carbonyl (C=O) groups is 1. The average Bonchev–Trinajstić information content (AvgIpc) is 3.47. The third-order valence-electron chi connectivity index (χ3n) is 7.48. The molecule has 1 unspecified atom stereocenters. The van der Waals surface area contributed by atoms with Crippen LogP contribution in [0, 0.1) is 23.5 Å². The van der Waals surface area contributed by atoms with Crippen molar-refractivity contribution in [1.82, 2.24) is 15.0 Å². The molecule has 11 heteroatoms. The van der Waals surface area contributed by atoms with E-state index in [1.807, 2.05) is 0 Å². The fourth-order valence-corrected chi connectivity index (χ4v) is 5.27. The zero-order valence-corrected chi connectivity index (χ0v) is 22.5. The van der Waals surface area contributed by atoms with Gasteiger partial charge >= 0.3 is 0 Å². The summed E-state index contributed by atoms with van der Waals surface area (Å²) in [7, 11) is 2.60. The van der Waals surface area contributed by atoms with Crippen molar-refractivity contribution in [3.8, 4) is 22.8 Å². The number of hydrogen-bond donors (Lipinski definition) is 1. The zero-order valence-electron chi connectivity index (χ0n) is 22.5. The SMILES string of the molecule is C=CC(=O)C[C@H]1CCOC[C@H]1Nc1ncc2cc(-c3c(F)c(OC)cc(OC)c3F)nc(CC3CCOC3)c2n1. The second-order valence-corrected chi connectivity index (χ2v) is 10.1. The molecule has 2 aliphatic heterocycles. The molecule has 0 radical (unpaired) electrons. The third kappa shape index (κ3) is 5.75. The lowest BCUT2D eigenvalue weighted by Gasteiger charge is -2.31. The number of hydrogen-bond acceptors (Lipinski definition) is 9. The van der Waals surface area contributed by atoms with Crippen LogP contribution in [0.5, 0.6) is 11.5 Å². The van der Waals surface area contributed by atoms with E-state index < -0.39 is 11.6 Å². The Bertz CT molecular complexity index is 1380. The number of rotatable bonds is 10. The normalized spacial score (nSPS) is 20.9. The first-order valence-corrected chi connectivity index (χ1v) is 13.3. The quantitative estimate of drug-likeness (QED) is 0.362. The number of methoxy groups -OCH3 is 2. The summed E-state index contributed by atoms with van der Waals surface area (Å²) in [5, 5.41) is 3.90. The van der Waals surface area contributed by atoms with E-state index in [9.17, 15) is 4.79 Å². The van der Waals surface area contributed by atoms with Crippen LogP contribution in [0.15, 0.2) is 31.0 Å². The molecule has 2 aromatic heterocycles. The summed E-state index contributed by atoms with van der Waals surface area (Å²) < 4.78 is 52.2. The number of fused-ring (bicyclic) bond motifs is 1. The van der Waals surface area contributed by atoms with Crippen LogP contribution in [0.1, 0.15) is 25.0 Å². The molecule has 0 spiro atoms. The van der Waals surface area contributed by atoms with Gasteiger partial charge in [-0.15, -0.1) is 0 Å². The number of aromatic nitrogens is 3. The predicted molar refractivity (Wildman–Crippen MR) is 145 cm³/mol. The summed E-state index contributed by atoms with van der Waals surface area (Å²) >= 11 is 0. The van der Waals surface area contributed by atoms with Crippen LogP contribution in [0.2, 0.25) is 0 Å². The van der Waals surface area contributed by atoms with Gasteiger partial charge in [-0.2, -0.15) is 0 Å². The Labute approximate surface area is 230 Å². The van der Waals surface area contributed by atoms with Gasteiger partial charge in [0.2, 0.25) is 5.95 Å². The maximum Gasteiger partial charge on any atom is 0.223 e. The molecule has 2 fully saturated rings. The topological polar surface area (TPSA) is 105 Å². The summed E-state index contributed by atoms with van der Waals surface area (Å²) in [6, 6.07) is 2.56. The zero-order chi connectivity index (χ0) is 28.2. The van der Waals surface area contributed by atoms with Gasteiger partial charge in [0.05, 0.1) is 49.3 Å². The van der Waals surface area contributed by atoms with Crippen molar-refractivity contribution in [3.63, 3.8) is 0 Å². The Morgan fingerprint density at radius 1 is 1.10 bits per heavy atom. The maximum atomic E-state index is 15.4. The van der Waals surface area contributed by atoms with Crippen molar-refractivity contribution in [2.75, 3.05) is 46.0 Å². The number of carbonyl (C=O) groups excluding carboxylic acids is 1. The number of allylic oxidation sites excluding steroid dienone is 1. The van der Waals surface area contributed by atoms with Crippen LogP contribution in [-0.4, -0.2) is 67.4 Å². The average molecular weight is 555 g/mol. The Balaban J connectivity index is 1.56. The number of halogens is 2. The Hall–Kier alpha value is -3.70. The summed E-state index contributed by atoms with van der Waals surface area (Å²) in [5.74, 6) is -1.50. The van der Waals surface area contributed by atoms with Crippen LogP contribution in [0.3, 0.4) is 0 Å². The highest BCUT2D eigenvalue weighted by Crippen LogP contribution is 2.38. The van der Waals surface area contributed by atoms with Crippen LogP contribution in [-0.2, 0) is 20.7 Å². The monoisotopic (exact) mass is 554 g/mol. The minimum atomic E-state index is -0.876. The predicted octanol–water partition coefficient (Wildman–Crippen LogP) is 4.53. The van der Waals surface area contributed by atoms with Crippen LogP contribution in [0.25, 0.3) is 22.2 Å². The Morgan fingerprint density at radius 2 is 1.82 bits per heavy atom. The fourth-order valence-electron chi connectivity index (χ4n) is 5.27. The van der Waals surface area contributed by atoms with Gasteiger partial charge in [-0.05, 0) is 43.2 Å². The lowest BCUT2D eigenvalue weighted by atomic mass is 9.90. The molecule has 0 saturated carbocycles. The smallest absolute Gasteiger partial charge is 0.223 e. The van der Waals surface area contributed by atoms with Gasteiger partial charge in [-0.3, -0.25) is 9.78 Å². The first kappa shape index (κ1) is 27.9. The molecule has 40 heavy (non-hydrogen) atoms. The lowest BCUT2D eigenvalue weighted by molar-refractivity contribution is -0.116. The van der Waals surface area contributed by atoms with Crippen molar-refractivity contribution >= 4 is 22.6 Å². The van der Waals surface area contributed by atoms with Crippen LogP contribution < -0.4 is 14.8 Å². The number of nitrogens with one attached hydrogen (secondary N) is 1. The molecule has 0 aliphatic carbocycles. The van der Waals surface area contributed by atoms with E-state index in [2.05, 4.69) is 16.9 Å². The largest absolute Gasteiger partial charge is 0.494 e. The number of pyridine rings is 1. The molecule has 2 aliphatic rings. The van der Waals surface area contributed by atoms with Crippen molar-refractivity contribution in [2.45, 2.75) is 31.7 Å². The van der Waals surface area contributed by atoms with Gasteiger partial charge in [0.25, 0.3) is 0 Å². The van der Waals surface area contributed by atoms with Crippen molar-refractivity contribution in [3.05, 3.63) is 48.3 Å². The van der Waals surface area contributed by atoms with Gasteiger partial charge in [0.15, 0.2) is 28.9 Å². The van der Waals surface area contributed by atoms with E-state index in [0.717, 1.165) is 18.9 Å². The van der Waals surface area contributed by atoms with Gasteiger partial charge in [-0.1, -0.05) is 6.58 Å². The van der Waals surface area contributed by atoms with Gasteiger partial charge in [0, 0.05) is 43.9 Å². The summed E-state index contributed by atoms with van der Waals surface area (Å²) in [4.78, 5) is 26.0. The van der Waals surface area contributed by atoms with Crippen LogP contribution in [0.4, 0.5) is 14.7 Å². The van der Waals surface area contributed by atoms with E-state index in [4.69, 9.17) is 28.9 Å². The van der Waals surface area contributed by atoms with Gasteiger partial charge in [0.1, 0.15) is 0 Å². The number of nitrogens with zero attached hydrogens (tertiary/aromatic N) is 3. The first-order chi connectivity index (χ1) is 19.4. The van der Waals surface area contributed by atoms with Crippen LogP contribution >= 0.6 is 0 Å². The summed E-state index contributed by atoms with van der Waals surface area (Å²) in [5.41, 5.74) is 0.881. The summed E-state index contributed by atoms with van der Waals surface area (Å²) in [6.45, 7) is 5.78. The van der Waals surface area contributed by atoms with Crippen molar-refractivity contribution < 1.29 is 32.5 Å². The molecule has 212 valence electrons. The highest BCUT2D eigenvalue weighted by molar-refractivity contribution is 5.89. The summed E-state index contributed by atoms with van der Waals surface area (Å²) in [6.07, 6.45) is 5.38. The first-order valence-electron chi connectivity index (χ1n) is 13.3. The van der Waals surface area contributed by atoms with E-state index in [1.54, 1.807) is 12.3 Å². The molecule has 0 amide bonds. The van der Waals surface area contributed by atoms with Crippen molar-refractivity contribution in [2.24, 2.45) is 11.8 Å². The molecule has 5 rings (SSSR count). The highest BCUT2D eigenvalue weighted by Gasteiger charge is 2.29. The lowest BCUT2D eigenvalue weighted by Crippen LogP contribution is -2.40. The van der Waals surface area contributed by atoms with E-state index in [-0.39, 0.29) is 46.4 Å².